The fraction of sp³-hybridized carbons (Fsp3) is 0.438. The fourth-order valence-corrected chi connectivity index (χ4v) is 4.56. The van der Waals surface area contributed by atoms with Gasteiger partial charge in [-0.05, 0) is 37.7 Å². The SMILES string of the molecule is COc1ccc(-c2nc(CN(C)C3CCS(=O)(=O)C3)co2)cc1. The highest BCUT2D eigenvalue weighted by molar-refractivity contribution is 7.91. The molecule has 23 heavy (non-hydrogen) atoms. The van der Waals surface area contributed by atoms with Crippen LogP contribution in [-0.2, 0) is 16.4 Å². The highest BCUT2D eigenvalue weighted by Gasteiger charge is 2.30. The van der Waals surface area contributed by atoms with Gasteiger partial charge in [-0.25, -0.2) is 13.4 Å². The van der Waals surface area contributed by atoms with Crippen molar-refractivity contribution in [1.82, 2.24) is 9.88 Å². The minimum absolute atomic E-state index is 0.0566. The fourth-order valence-electron chi connectivity index (χ4n) is 2.75. The van der Waals surface area contributed by atoms with Crippen molar-refractivity contribution in [2.45, 2.75) is 19.0 Å². The van der Waals surface area contributed by atoms with Crippen LogP contribution in [0, 0.1) is 0 Å². The van der Waals surface area contributed by atoms with Gasteiger partial charge in [0.1, 0.15) is 12.0 Å². The third-order valence-corrected chi connectivity index (χ3v) is 5.88. The van der Waals surface area contributed by atoms with Gasteiger partial charge in [-0.2, -0.15) is 0 Å². The van der Waals surface area contributed by atoms with Gasteiger partial charge in [0, 0.05) is 18.2 Å². The number of aromatic nitrogens is 1. The number of nitrogens with zero attached hydrogens (tertiary/aromatic N) is 2. The van der Waals surface area contributed by atoms with E-state index in [1.54, 1.807) is 13.4 Å². The van der Waals surface area contributed by atoms with Gasteiger partial charge in [0.25, 0.3) is 0 Å². The van der Waals surface area contributed by atoms with Crippen LogP contribution >= 0.6 is 0 Å². The molecule has 0 amide bonds. The topological polar surface area (TPSA) is 72.6 Å². The Morgan fingerprint density at radius 2 is 2.09 bits per heavy atom. The Morgan fingerprint density at radius 1 is 1.35 bits per heavy atom. The number of benzene rings is 1. The summed E-state index contributed by atoms with van der Waals surface area (Å²) in [5.41, 5.74) is 1.67. The predicted octanol–water partition coefficient (Wildman–Crippen LogP) is 1.97. The Hall–Kier alpha value is -1.86. The number of hydrogen-bond acceptors (Lipinski definition) is 6. The molecule has 0 aliphatic carbocycles. The van der Waals surface area contributed by atoms with E-state index in [4.69, 9.17) is 9.15 Å². The number of hydrogen-bond donors (Lipinski definition) is 0. The Balaban J connectivity index is 1.67. The molecule has 0 saturated carbocycles. The molecule has 1 aromatic heterocycles. The van der Waals surface area contributed by atoms with Gasteiger partial charge >= 0.3 is 0 Å². The summed E-state index contributed by atoms with van der Waals surface area (Å²) in [6, 6.07) is 7.55. The Labute approximate surface area is 136 Å². The van der Waals surface area contributed by atoms with Crippen molar-refractivity contribution >= 4 is 9.84 Å². The van der Waals surface area contributed by atoms with Crippen molar-refractivity contribution in [1.29, 1.82) is 0 Å². The van der Waals surface area contributed by atoms with E-state index in [1.807, 2.05) is 36.2 Å². The number of ether oxygens (including phenoxy) is 1. The lowest BCUT2D eigenvalue weighted by atomic mass is 10.2. The Bertz CT molecular complexity index is 768. The largest absolute Gasteiger partial charge is 0.497 e. The summed E-state index contributed by atoms with van der Waals surface area (Å²) in [6.07, 6.45) is 2.31. The summed E-state index contributed by atoms with van der Waals surface area (Å²) in [6.45, 7) is 0.569. The van der Waals surface area contributed by atoms with Crippen LogP contribution in [0.3, 0.4) is 0 Å². The molecule has 1 unspecified atom stereocenters. The van der Waals surface area contributed by atoms with Crippen LogP contribution in [-0.4, -0.2) is 50.0 Å². The third-order valence-electron chi connectivity index (χ3n) is 4.13. The highest BCUT2D eigenvalue weighted by Crippen LogP contribution is 2.23. The van der Waals surface area contributed by atoms with Gasteiger partial charge < -0.3 is 9.15 Å². The van der Waals surface area contributed by atoms with Crippen molar-refractivity contribution in [2.24, 2.45) is 0 Å². The second-order valence-corrected chi connectivity index (χ2v) is 8.07. The summed E-state index contributed by atoms with van der Waals surface area (Å²) in [7, 11) is 0.672. The van der Waals surface area contributed by atoms with Crippen LogP contribution < -0.4 is 4.74 Å². The number of methoxy groups -OCH3 is 1. The summed E-state index contributed by atoms with van der Waals surface area (Å²) in [5.74, 6) is 1.84. The van der Waals surface area contributed by atoms with Gasteiger partial charge in [-0.1, -0.05) is 0 Å². The number of oxazole rings is 1. The van der Waals surface area contributed by atoms with E-state index in [0.717, 1.165) is 17.0 Å². The summed E-state index contributed by atoms with van der Waals surface area (Å²) < 4.78 is 33.8. The zero-order valence-corrected chi connectivity index (χ0v) is 14.0. The predicted molar refractivity (Wildman–Crippen MR) is 87.0 cm³/mol. The van der Waals surface area contributed by atoms with Gasteiger partial charge in [0.15, 0.2) is 9.84 Å². The number of rotatable bonds is 5. The lowest BCUT2D eigenvalue weighted by Gasteiger charge is -2.21. The van der Waals surface area contributed by atoms with Crippen LogP contribution in [0.25, 0.3) is 11.5 Å². The van der Waals surface area contributed by atoms with Gasteiger partial charge in [-0.15, -0.1) is 0 Å². The van der Waals surface area contributed by atoms with Gasteiger partial charge in [0.2, 0.25) is 5.89 Å². The Kier molecular flexibility index (Phi) is 4.41. The van der Waals surface area contributed by atoms with Crippen LogP contribution in [0.5, 0.6) is 5.75 Å². The summed E-state index contributed by atoms with van der Waals surface area (Å²) >= 11 is 0. The molecule has 2 heterocycles. The van der Waals surface area contributed by atoms with Crippen molar-refractivity contribution < 1.29 is 17.6 Å². The van der Waals surface area contributed by atoms with Crippen LogP contribution in [0.2, 0.25) is 0 Å². The second-order valence-electron chi connectivity index (χ2n) is 5.84. The molecule has 1 fully saturated rings. The molecule has 1 aliphatic heterocycles. The molecular formula is C16H20N2O4S. The van der Waals surface area contributed by atoms with Crippen molar-refractivity contribution in [3.8, 4) is 17.2 Å². The molecular weight excluding hydrogens is 316 g/mol. The minimum Gasteiger partial charge on any atom is -0.497 e. The van der Waals surface area contributed by atoms with Crippen LogP contribution in [0.4, 0.5) is 0 Å². The molecule has 3 rings (SSSR count). The molecule has 124 valence electrons. The quantitative estimate of drug-likeness (QED) is 0.831. The van der Waals surface area contributed by atoms with E-state index in [0.29, 0.717) is 18.9 Å². The first-order valence-corrected chi connectivity index (χ1v) is 9.28. The first-order valence-electron chi connectivity index (χ1n) is 7.46. The van der Waals surface area contributed by atoms with Crippen molar-refractivity contribution in [2.75, 3.05) is 25.7 Å². The summed E-state index contributed by atoms with van der Waals surface area (Å²) in [4.78, 5) is 6.51. The van der Waals surface area contributed by atoms with E-state index >= 15 is 0 Å². The lowest BCUT2D eigenvalue weighted by Crippen LogP contribution is -2.32. The van der Waals surface area contributed by atoms with E-state index in [9.17, 15) is 8.42 Å². The molecule has 1 aromatic carbocycles. The second kappa shape index (κ2) is 6.33. The highest BCUT2D eigenvalue weighted by atomic mass is 32.2. The average Bonchev–Trinajstić information content (AvgIpc) is 3.14. The molecule has 6 nitrogen and oxygen atoms in total. The maximum absolute atomic E-state index is 11.6. The smallest absolute Gasteiger partial charge is 0.226 e. The molecule has 1 atom stereocenters. The molecule has 0 N–H and O–H groups in total. The standard InChI is InChI=1S/C16H20N2O4S/c1-18(14-7-8-23(19,20)11-14)9-13-10-22-16(17-13)12-3-5-15(21-2)6-4-12/h3-6,10,14H,7-9,11H2,1-2H3. The molecule has 1 aliphatic rings. The van der Waals surface area contributed by atoms with Crippen LogP contribution in [0.15, 0.2) is 34.9 Å². The molecule has 0 radical (unpaired) electrons. The third kappa shape index (κ3) is 3.73. The van der Waals surface area contributed by atoms with E-state index in [-0.39, 0.29) is 17.5 Å². The minimum atomic E-state index is -2.87. The zero-order valence-electron chi connectivity index (χ0n) is 13.2. The normalized spacial score (nSPS) is 20.0. The first-order chi connectivity index (χ1) is 11.0. The molecule has 1 saturated heterocycles. The maximum Gasteiger partial charge on any atom is 0.226 e. The average molecular weight is 336 g/mol. The Morgan fingerprint density at radius 3 is 2.70 bits per heavy atom. The number of sulfone groups is 1. The maximum atomic E-state index is 11.6. The molecule has 2 aromatic rings. The monoisotopic (exact) mass is 336 g/mol. The van der Waals surface area contributed by atoms with Crippen LogP contribution in [0.1, 0.15) is 12.1 Å². The molecule has 0 spiro atoms. The van der Waals surface area contributed by atoms with E-state index in [1.165, 1.54) is 0 Å². The van der Waals surface area contributed by atoms with Crippen molar-refractivity contribution in [3.05, 3.63) is 36.2 Å². The van der Waals surface area contributed by atoms with Gasteiger partial charge in [0.05, 0.1) is 24.3 Å². The zero-order chi connectivity index (χ0) is 16.4. The van der Waals surface area contributed by atoms with E-state index < -0.39 is 9.84 Å². The van der Waals surface area contributed by atoms with E-state index in [2.05, 4.69) is 4.98 Å². The lowest BCUT2D eigenvalue weighted by molar-refractivity contribution is 0.251. The summed E-state index contributed by atoms with van der Waals surface area (Å²) in [5, 5.41) is 0. The first kappa shape index (κ1) is 16.0. The molecule has 0 bridgehead atoms. The van der Waals surface area contributed by atoms with Gasteiger partial charge in [-0.3, -0.25) is 4.90 Å². The molecule has 7 heteroatoms. The van der Waals surface area contributed by atoms with Crippen molar-refractivity contribution in [3.63, 3.8) is 0 Å².